The van der Waals surface area contributed by atoms with E-state index in [1.807, 2.05) is 36.4 Å². The van der Waals surface area contributed by atoms with Crippen molar-refractivity contribution in [2.24, 2.45) is 5.92 Å². The highest BCUT2D eigenvalue weighted by atomic mass is 35.5. The van der Waals surface area contributed by atoms with E-state index < -0.39 is 0 Å². The van der Waals surface area contributed by atoms with Gasteiger partial charge in [-0.05, 0) is 73.4 Å². The van der Waals surface area contributed by atoms with Crippen LogP contribution in [-0.4, -0.2) is 23.2 Å². The summed E-state index contributed by atoms with van der Waals surface area (Å²) in [5.74, 6) is 1.60. The van der Waals surface area contributed by atoms with Gasteiger partial charge in [0.15, 0.2) is 5.11 Å². The first-order chi connectivity index (χ1) is 15.1. The third kappa shape index (κ3) is 3.90. The van der Waals surface area contributed by atoms with Gasteiger partial charge in [-0.3, -0.25) is 4.98 Å². The predicted molar refractivity (Wildman–Crippen MR) is 129 cm³/mol. The summed E-state index contributed by atoms with van der Waals surface area (Å²) >= 11 is 12.5. The van der Waals surface area contributed by atoms with Crippen molar-refractivity contribution in [3.05, 3.63) is 77.5 Å². The molecule has 2 aliphatic heterocycles. The van der Waals surface area contributed by atoms with Crippen LogP contribution in [0.4, 0.5) is 11.4 Å². The van der Waals surface area contributed by atoms with E-state index in [1.165, 1.54) is 12.8 Å². The molecule has 5 rings (SSSR count). The average Bonchev–Trinajstić information content (AvgIpc) is 3.43. The van der Waals surface area contributed by atoms with Gasteiger partial charge in [-0.15, -0.1) is 0 Å². The Labute approximate surface area is 193 Å². The van der Waals surface area contributed by atoms with Crippen LogP contribution in [0.5, 0.6) is 0 Å². The van der Waals surface area contributed by atoms with Crippen LogP contribution in [0.25, 0.3) is 0 Å². The molecular weight excluding hydrogens is 428 g/mol. The van der Waals surface area contributed by atoms with E-state index in [-0.39, 0.29) is 12.1 Å². The number of rotatable bonds is 4. The fourth-order valence-electron chi connectivity index (χ4n) is 4.53. The van der Waals surface area contributed by atoms with E-state index in [1.54, 1.807) is 12.5 Å². The largest absolute Gasteiger partial charge is 0.467 e. The van der Waals surface area contributed by atoms with Crippen LogP contribution in [0, 0.1) is 5.92 Å². The van der Waals surface area contributed by atoms with E-state index in [4.69, 9.17) is 28.2 Å². The highest BCUT2D eigenvalue weighted by molar-refractivity contribution is 7.80. The third-order valence-electron chi connectivity index (χ3n) is 6.27. The maximum Gasteiger partial charge on any atom is 0.174 e. The number of nitrogens with zero attached hydrogens (tertiary/aromatic N) is 3. The van der Waals surface area contributed by atoms with E-state index in [0.29, 0.717) is 5.11 Å². The third-order valence-corrected chi connectivity index (χ3v) is 6.88. The molecule has 2 atom stereocenters. The van der Waals surface area contributed by atoms with Crippen molar-refractivity contribution in [2.75, 3.05) is 22.9 Å². The standard InChI is InChI=1S/C24H25ClN4OS/c1-16-9-12-28(13-10-16)20-8-7-17(15-18(20)25)29-23(21-6-4-14-30-21)22(27-24(29)31)19-5-2-3-11-26-19/h2-8,11,14-16,22-23H,9-10,12-13H2,1H3,(H,27,31)/t22-,23-/m1/s1. The summed E-state index contributed by atoms with van der Waals surface area (Å²) in [6.45, 7) is 4.40. The Kier molecular flexibility index (Phi) is 5.59. The molecule has 0 radical (unpaired) electrons. The van der Waals surface area contributed by atoms with E-state index >= 15 is 0 Å². The van der Waals surface area contributed by atoms with Crippen LogP contribution in [0.15, 0.2) is 65.4 Å². The summed E-state index contributed by atoms with van der Waals surface area (Å²) in [5, 5.41) is 4.82. The quantitative estimate of drug-likeness (QED) is 0.509. The van der Waals surface area contributed by atoms with Gasteiger partial charge in [0.1, 0.15) is 11.8 Å². The minimum Gasteiger partial charge on any atom is -0.467 e. The highest BCUT2D eigenvalue weighted by Gasteiger charge is 2.42. The van der Waals surface area contributed by atoms with E-state index in [0.717, 1.165) is 46.9 Å². The summed E-state index contributed by atoms with van der Waals surface area (Å²) in [7, 11) is 0. The molecule has 0 saturated carbocycles. The molecule has 1 aromatic carbocycles. The number of hydrogen-bond donors (Lipinski definition) is 1. The van der Waals surface area contributed by atoms with E-state index in [2.05, 4.69) is 39.2 Å². The minimum atomic E-state index is -0.157. The van der Waals surface area contributed by atoms with Gasteiger partial charge in [-0.2, -0.15) is 0 Å². The summed E-state index contributed by atoms with van der Waals surface area (Å²) in [6.07, 6.45) is 5.89. The van der Waals surface area contributed by atoms with Crippen LogP contribution in [0.1, 0.15) is 43.3 Å². The zero-order valence-electron chi connectivity index (χ0n) is 17.4. The number of halogens is 1. The van der Waals surface area contributed by atoms with Gasteiger partial charge >= 0.3 is 0 Å². The summed E-state index contributed by atoms with van der Waals surface area (Å²) in [5.41, 5.74) is 2.95. The van der Waals surface area contributed by atoms with Crippen molar-refractivity contribution in [3.63, 3.8) is 0 Å². The molecular formula is C24H25ClN4OS. The second-order valence-corrected chi connectivity index (χ2v) is 9.11. The molecule has 2 fully saturated rings. The second-order valence-electron chi connectivity index (χ2n) is 8.32. The molecule has 2 saturated heterocycles. The van der Waals surface area contributed by atoms with Crippen LogP contribution in [0.2, 0.25) is 5.02 Å². The maximum absolute atomic E-state index is 6.78. The first kappa shape index (κ1) is 20.3. The van der Waals surface area contributed by atoms with Crippen molar-refractivity contribution < 1.29 is 4.42 Å². The first-order valence-electron chi connectivity index (χ1n) is 10.7. The Morgan fingerprint density at radius 3 is 2.65 bits per heavy atom. The smallest absolute Gasteiger partial charge is 0.174 e. The predicted octanol–water partition coefficient (Wildman–Crippen LogP) is 5.74. The lowest BCUT2D eigenvalue weighted by Gasteiger charge is -2.33. The Morgan fingerprint density at radius 1 is 1.13 bits per heavy atom. The van der Waals surface area contributed by atoms with Crippen molar-refractivity contribution in [3.8, 4) is 0 Å². The molecule has 2 aliphatic rings. The maximum atomic E-state index is 6.78. The van der Waals surface area contributed by atoms with Gasteiger partial charge < -0.3 is 19.5 Å². The fourth-order valence-corrected chi connectivity index (χ4v) is 5.17. The number of nitrogens with one attached hydrogen (secondary N) is 1. The number of piperidine rings is 1. The molecule has 5 nitrogen and oxygen atoms in total. The van der Waals surface area contributed by atoms with Crippen LogP contribution in [-0.2, 0) is 0 Å². The van der Waals surface area contributed by atoms with Gasteiger partial charge in [0.25, 0.3) is 0 Å². The van der Waals surface area contributed by atoms with Gasteiger partial charge in [-0.25, -0.2) is 0 Å². The van der Waals surface area contributed by atoms with Crippen LogP contribution < -0.4 is 15.1 Å². The SMILES string of the molecule is CC1CCN(c2ccc(N3C(=S)N[C@H](c4ccccn4)[C@H]3c3ccco3)cc2Cl)CC1. The lowest BCUT2D eigenvalue weighted by Crippen LogP contribution is -2.33. The normalized spacial score (nSPS) is 22.1. The lowest BCUT2D eigenvalue weighted by molar-refractivity contribution is 0.432. The number of anilines is 2. The number of pyridine rings is 1. The molecule has 2 aromatic heterocycles. The molecule has 1 N–H and O–H groups in total. The van der Waals surface area contributed by atoms with Crippen molar-refractivity contribution in [2.45, 2.75) is 31.8 Å². The molecule has 160 valence electrons. The molecule has 0 aliphatic carbocycles. The van der Waals surface area contributed by atoms with Crippen molar-refractivity contribution >= 4 is 40.3 Å². The number of thiocarbonyl (C=S) groups is 1. The molecule has 0 bridgehead atoms. The van der Waals surface area contributed by atoms with Gasteiger partial charge in [0.05, 0.1) is 28.7 Å². The fraction of sp³-hybridized carbons (Fsp3) is 0.333. The second kappa shape index (κ2) is 8.52. The van der Waals surface area contributed by atoms with Gasteiger partial charge in [0, 0.05) is 25.0 Å². The molecule has 7 heteroatoms. The number of hydrogen-bond acceptors (Lipinski definition) is 4. The molecule has 0 spiro atoms. The zero-order valence-corrected chi connectivity index (χ0v) is 18.9. The molecule has 4 heterocycles. The van der Waals surface area contributed by atoms with Crippen LogP contribution >= 0.6 is 23.8 Å². The topological polar surface area (TPSA) is 44.5 Å². The molecule has 0 unspecified atom stereocenters. The summed E-state index contributed by atoms with van der Waals surface area (Å²) in [6, 6.07) is 15.7. The highest BCUT2D eigenvalue weighted by Crippen LogP contribution is 2.43. The Morgan fingerprint density at radius 2 is 1.97 bits per heavy atom. The van der Waals surface area contributed by atoms with Gasteiger partial charge in [0.2, 0.25) is 0 Å². The monoisotopic (exact) mass is 452 g/mol. The Balaban J connectivity index is 1.49. The number of furan rings is 1. The number of aromatic nitrogens is 1. The molecule has 0 amide bonds. The van der Waals surface area contributed by atoms with E-state index in [9.17, 15) is 0 Å². The Hall–Kier alpha value is -2.57. The van der Waals surface area contributed by atoms with Gasteiger partial charge in [-0.1, -0.05) is 24.6 Å². The summed E-state index contributed by atoms with van der Waals surface area (Å²) in [4.78, 5) is 9.03. The minimum absolute atomic E-state index is 0.123. The van der Waals surface area contributed by atoms with Crippen molar-refractivity contribution in [1.82, 2.24) is 10.3 Å². The molecule has 31 heavy (non-hydrogen) atoms. The van der Waals surface area contributed by atoms with Crippen LogP contribution in [0.3, 0.4) is 0 Å². The average molecular weight is 453 g/mol. The lowest BCUT2D eigenvalue weighted by atomic mass is 9.98. The first-order valence-corrected chi connectivity index (χ1v) is 11.5. The Bertz CT molecular complexity index is 1050. The zero-order chi connectivity index (χ0) is 21.4. The number of benzene rings is 1. The molecule has 3 aromatic rings. The van der Waals surface area contributed by atoms with Crippen molar-refractivity contribution in [1.29, 1.82) is 0 Å². The summed E-state index contributed by atoms with van der Waals surface area (Å²) < 4.78 is 5.82.